The summed E-state index contributed by atoms with van der Waals surface area (Å²) in [6.07, 6.45) is 2.98. The third kappa shape index (κ3) is 8.38. The zero-order chi connectivity index (χ0) is 26.0. The molecule has 7 nitrogen and oxygen atoms in total. The molecule has 0 aliphatic carbocycles. The molecule has 0 fully saturated rings. The minimum atomic E-state index is -3.52. The van der Waals surface area contributed by atoms with Gasteiger partial charge in [0, 0.05) is 26.1 Å². The second-order valence-corrected chi connectivity index (χ2v) is 10.9. The van der Waals surface area contributed by atoms with E-state index in [0.717, 1.165) is 23.1 Å². The number of nitrogens with zero attached hydrogens (tertiary/aromatic N) is 2. The van der Waals surface area contributed by atoms with E-state index in [-0.39, 0.29) is 24.8 Å². The molecule has 2 amide bonds. The number of carbonyl (C=O) groups is 2. The number of benzene rings is 2. The summed E-state index contributed by atoms with van der Waals surface area (Å²) in [6, 6.07) is 14.7. The lowest BCUT2D eigenvalue weighted by atomic mass is 10.1. The zero-order valence-electron chi connectivity index (χ0n) is 21.6. The van der Waals surface area contributed by atoms with E-state index >= 15 is 0 Å². The fourth-order valence-electron chi connectivity index (χ4n) is 4.04. The Morgan fingerprint density at radius 2 is 1.71 bits per heavy atom. The van der Waals surface area contributed by atoms with Crippen LogP contribution in [0.25, 0.3) is 0 Å². The van der Waals surface area contributed by atoms with Crippen molar-refractivity contribution in [3.8, 4) is 0 Å². The van der Waals surface area contributed by atoms with Crippen LogP contribution in [0, 0.1) is 13.8 Å². The van der Waals surface area contributed by atoms with Gasteiger partial charge in [-0.2, -0.15) is 0 Å². The predicted molar refractivity (Wildman–Crippen MR) is 142 cm³/mol. The molecule has 0 aromatic heterocycles. The minimum Gasteiger partial charge on any atom is -0.354 e. The van der Waals surface area contributed by atoms with Crippen LogP contribution in [0.4, 0.5) is 5.69 Å². The molecule has 1 N–H and O–H groups in total. The molecule has 2 rings (SSSR count). The van der Waals surface area contributed by atoms with Gasteiger partial charge in [-0.1, -0.05) is 56.3 Å². The fraction of sp³-hybridized carbons (Fsp3) is 0.481. The lowest BCUT2D eigenvalue weighted by Gasteiger charge is -2.31. The standard InChI is InChI=1S/C27H39N3O4S/c1-6-17-28-27(32)24(7-2)29(20-23-12-9-8-10-13-23)26(31)14-11-18-30(35(5,33)34)25-19-21(3)15-16-22(25)4/h8-10,12-13,15-16,19,24H,6-7,11,14,17-18,20H2,1-5H3,(H,28,32). The molecule has 0 radical (unpaired) electrons. The number of hydrogen-bond donors (Lipinski definition) is 1. The summed E-state index contributed by atoms with van der Waals surface area (Å²) in [4.78, 5) is 27.9. The summed E-state index contributed by atoms with van der Waals surface area (Å²) in [5.74, 6) is -0.325. The van der Waals surface area contributed by atoms with Crippen molar-refractivity contribution >= 4 is 27.5 Å². The lowest BCUT2D eigenvalue weighted by Crippen LogP contribution is -2.49. The van der Waals surface area contributed by atoms with E-state index in [4.69, 9.17) is 0 Å². The molecular weight excluding hydrogens is 462 g/mol. The molecular formula is C27H39N3O4S. The Morgan fingerprint density at radius 1 is 1.03 bits per heavy atom. The van der Waals surface area contributed by atoms with Gasteiger partial charge >= 0.3 is 0 Å². The Balaban J connectivity index is 2.21. The highest BCUT2D eigenvalue weighted by atomic mass is 32.2. The van der Waals surface area contributed by atoms with E-state index < -0.39 is 16.1 Å². The van der Waals surface area contributed by atoms with Gasteiger partial charge in [0.25, 0.3) is 0 Å². The summed E-state index contributed by atoms with van der Waals surface area (Å²) in [7, 11) is -3.52. The molecule has 0 aliphatic heterocycles. The zero-order valence-corrected chi connectivity index (χ0v) is 22.4. The van der Waals surface area contributed by atoms with Crippen LogP contribution in [0.5, 0.6) is 0 Å². The molecule has 2 aromatic rings. The van der Waals surface area contributed by atoms with Crippen LogP contribution in [0.1, 0.15) is 56.2 Å². The van der Waals surface area contributed by atoms with Gasteiger partial charge in [-0.3, -0.25) is 13.9 Å². The number of rotatable bonds is 13. The van der Waals surface area contributed by atoms with Crippen LogP contribution in [0.3, 0.4) is 0 Å². The summed E-state index contributed by atoms with van der Waals surface area (Å²) >= 11 is 0. The Labute approximate surface area is 210 Å². The number of sulfonamides is 1. The van der Waals surface area contributed by atoms with Gasteiger partial charge in [0.05, 0.1) is 11.9 Å². The van der Waals surface area contributed by atoms with E-state index in [9.17, 15) is 18.0 Å². The number of hydrogen-bond acceptors (Lipinski definition) is 4. The van der Waals surface area contributed by atoms with Crippen molar-refractivity contribution in [1.82, 2.24) is 10.2 Å². The summed E-state index contributed by atoms with van der Waals surface area (Å²) < 4.78 is 26.5. The molecule has 1 unspecified atom stereocenters. The molecule has 192 valence electrons. The van der Waals surface area contributed by atoms with Crippen molar-refractivity contribution < 1.29 is 18.0 Å². The van der Waals surface area contributed by atoms with Crippen molar-refractivity contribution in [2.24, 2.45) is 0 Å². The van der Waals surface area contributed by atoms with E-state index in [2.05, 4.69) is 5.32 Å². The largest absolute Gasteiger partial charge is 0.354 e. The van der Waals surface area contributed by atoms with Gasteiger partial charge in [0.1, 0.15) is 6.04 Å². The highest BCUT2D eigenvalue weighted by Gasteiger charge is 2.28. The van der Waals surface area contributed by atoms with Crippen LogP contribution in [-0.2, 0) is 26.2 Å². The number of aryl methyl sites for hydroxylation is 2. The SMILES string of the molecule is CCCNC(=O)C(CC)N(Cc1ccccc1)C(=O)CCCN(c1cc(C)ccc1C)S(C)(=O)=O. The van der Waals surface area contributed by atoms with Crippen molar-refractivity contribution in [3.63, 3.8) is 0 Å². The van der Waals surface area contributed by atoms with E-state index in [0.29, 0.717) is 31.6 Å². The predicted octanol–water partition coefficient (Wildman–Crippen LogP) is 4.18. The number of nitrogens with one attached hydrogen (secondary N) is 1. The summed E-state index contributed by atoms with van der Waals surface area (Å²) in [5, 5.41) is 2.91. The van der Waals surface area contributed by atoms with Gasteiger partial charge in [-0.15, -0.1) is 0 Å². The maximum absolute atomic E-state index is 13.4. The first-order chi connectivity index (χ1) is 16.6. The minimum absolute atomic E-state index is 0.140. The second-order valence-electron chi connectivity index (χ2n) is 8.95. The first-order valence-electron chi connectivity index (χ1n) is 12.2. The van der Waals surface area contributed by atoms with Crippen molar-refractivity contribution in [3.05, 3.63) is 65.2 Å². The Hall–Kier alpha value is -2.87. The normalized spacial score (nSPS) is 12.1. The average Bonchev–Trinajstić information content (AvgIpc) is 2.81. The second kappa shape index (κ2) is 13.3. The van der Waals surface area contributed by atoms with E-state index in [1.54, 1.807) is 4.90 Å². The topological polar surface area (TPSA) is 86.8 Å². The average molecular weight is 502 g/mol. The van der Waals surface area contributed by atoms with Gasteiger partial charge in [0.2, 0.25) is 21.8 Å². The third-order valence-corrected chi connectivity index (χ3v) is 7.10. The molecule has 0 bridgehead atoms. The highest BCUT2D eigenvalue weighted by molar-refractivity contribution is 7.92. The van der Waals surface area contributed by atoms with Crippen LogP contribution in [0.2, 0.25) is 0 Å². The van der Waals surface area contributed by atoms with Crippen LogP contribution < -0.4 is 9.62 Å². The van der Waals surface area contributed by atoms with Gasteiger partial charge < -0.3 is 10.2 Å². The monoisotopic (exact) mass is 501 g/mol. The van der Waals surface area contributed by atoms with Crippen molar-refractivity contribution in [2.45, 2.75) is 66.0 Å². The van der Waals surface area contributed by atoms with Gasteiger partial charge in [-0.25, -0.2) is 8.42 Å². The first kappa shape index (κ1) is 28.4. The summed E-state index contributed by atoms with van der Waals surface area (Å²) in [6.45, 7) is 8.74. The lowest BCUT2D eigenvalue weighted by molar-refractivity contribution is -0.141. The van der Waals surface area contributed by atoms with Crippen LogP contribution in [0.15, 0.2) is 48.5 Å². The fourth-order valence-corrected chi connectivity index (χ4v) is 5.05. The number of anilines is 1. The molecule has 35 heavy (non-hydrogen) atoms. The molecule has 0 spiro atoms. The maximum Gasteiger partial charge on any atom is 0.242 e. The summed E-state index contributed by atoms with van der Waals surface area (Å²) in [5.41, 5.74) is 3.40. The molecule has 2 aromatic carbocycles. The Morgan fingerprint density at radius 3 is 2.31 bits per heavy atom. The van der Waals surface area contributed by atoms with Crippen molar-refractivity contribution in [2.75, 3.05) is 23.7 Å². The number of amides is 2. The Bertz CT molecular complexity index is 1090. The smallest absolute Gasteiger partial charge is 0.242 e. The van der Waals surface area contributed by atoms with Gasteiger partial charge in [-0.05, 0) is 55.9 Å². The number of carbonyl (C=O) groups excluding carboxylic acids is 2. The molecule has 1 atom stereocenters. The molecule has 0 heterocycles. The highest BCUT2D eigenvalue weighted by Crippen LogP contribution is 2.25. The maximum atomic E-state index is 13.4. The van der Waals surface area contributed by atoms with E-state index in [1.807, 2.05) is 76.2 Å². The van der Waals surface area contributed by atoms with Gasteiger partial charge in [0.15, 0.2) is 0 Å². The Kier molecular flexibility index (Phi) is 10.8. The molecule has 0 saturated heterocycles. The van der Waals surface area contributed by atoms with Crippen LogP contribution in [-0.4, -0.2) is 50.5 Å². The third-order valence-electron chi connectivity index (χ3n) is 5.92. The molecule has 0 saturated carbocycles. The van der Waals surface area contributed by atoms with Crippen LogP contribution >= 0.6 is 0 Å². The van der Waals surface area contributed by atoms with E-state index in [1.165, 1.54) is 10.6 Å². The molecule has 0 aliphatic rings. The molecule has 8 heteroatoms. The van der Waals surface area contributed by atoms with Crippen molar-refractivity contribution in [1.29, 1.82) is 0 Å². The first-order valence-corrected chi connectivity index (χ1v) is 14.1. The quantitative estimate of drug-likeness (QED) is 0.446.